The molecule has 2 heteroatoms. The number of carbonyl (C=O) groups is 1. The molecular weight excluding hydrogens is 114 g/mol. The van der Waals surface area contributed by atoms with Crippen LogP contribution in [0.5, 0.6) is 0 Å². The highest BCUT2D eigenvalue weighted by Crippen LogP contribution is 2.26. The molecule has 0 spiro atoms. The minimum absolute atomic E-state index is 0.153. The summed E-state index contributed by atoms with van der Waals surface area (Å²) >= 11 is 0. The van der Waals surface area contributed by atoms with Crippen LogP contribution in [0.3, 0.4) is 0 Å². The molecule has 0 saturated heterocycles. The van der Waals surface area contributed by atoms with E-state index < -0.39 is 0 Å². The average Bonchev–Trinajstić information content (AvgIpc) is 2.36. The molecule has 1 aliphatic rings. The first kappa shape index (κ1) is 6.75. The minimum Gasteiger partial charge on any atom is -0.308 e. The molecular formula is C7H13NO. The number of aldehydes is 1. The summed E-state index contributed by atoms with van der Waals surface area (Å²) in [6.45, 7) is 0. The standard InChI is InChI=1S/C7H13NO/c1-8-7(6-9)4-2-3-5-7/h6,8H,2-5H2,1H3. The van der Waals surface area contributed by atoms with Gasteiger partial charge in [-0.05, 0) is 19.9 Å². The molecule has 0 aromatic rings. The van der Waals surface area contributed by atoms with Gasteiger partial charge in [0.2, 0.25) is 0 Å². The highest BCUT2D eigenvalue weighted by molar-refractivity contribution is 5.64. The van der Waals surface area contributed by atoms with Gasteiger partial charge in [-0.1, -0.05) is 12.8 Å². The summed E-state index contributed by atoms with van der Waals surface area (Å²) in [6.07, 6.45) is 5.49. The van der Waals surface area contributed by atoms with E-state index in [1.54, 1.807) is 0 Å². The first-order chi connectivity index (χ1) is 4.33. The van der Waals surface area contributed by atoms with Crippen LogP contribution in [-0.4, -0.2) is 18.9 Å². The monoisotopic (exact) mass is 127 g/mol. The molecule has 0 amide bonds. The van der Waals surface area contributed by atoms with Gasteiger partial charge in [0, 0.05) is 0 Å². The van der Waals surface area contributed by atoms with Gasteiger partial charge in [0.1, 0.15) is 6.29 Å². The van der Waals surface area contributed by atoms with Crippen LogP contribution in [0, 0.1) is 0 Å². The number of rotatable bonds is 2. The summed E-state index contributed by atoms with van der Waals surface area (Å²) in [7, 11) is 1.86. The normalized spacial score (nSPS) is 24.1. The third-order valence-corrected chi connectivity index (χ3v) is 2.22. The zero-order valence-corrected chi connectivity index (χ0v) is 5.81. The van der Waals surface area contributed by atoms with Crippen LogP contribution >= 0.6 is 0 Å². The lowest BCUT2D eigenvalue weighted by Crippen LogP contribution is -2.41. The van der Waals surface area contributed by atoms with Gasteiger partial charge in [-0.3, -0.25) is 0 Å². The van der Waals surface area contributed by atoms with E-state index in [1.165, 1.54) is 12.8 Å². The fourth-order valence-corrected chi connectivity index (χ4v) is 1.43. The molecule has 1 saturated carbocycles. The number of hydrogen-bond acceptors (Lipinski definition) is 2. The van der Waals surface area contributed by atoms with Crippen molar-refractivity contribution in [3.63, 3.8) is 0 Å². The minimum atomic E-state index is -0.153. The van der Waals surface area contributed by atoms with E-state index in [2.05, 4.69) is 5.32 Å². The van der Waals surface area contributed by atoms with E-state index in [-0.39, 0.29) is 5.54 Å². The average molecular weight is 127 g/mol. The van der Waals surface area contributed by atoms with Crippen molar-refractivity contribution in [2.45, 2.75) is 31.2 Å². The topological polar surface area (TPSA) is 29.1 Å². The Labute approximate surface area is 55.6 Å². The molecule has 1 N–H and O–H groups in total. The van der Waals surface area contributed by atoms with Crippen LogP contribution in [-0.2, 0) is 4.79 Å². The quantitative estimate of drug-likeness (QED) is 0.554. The first-order valence-corrected chi connectivity index (χ1v) is 3.48. The predicted molar refractivity (Wildman–Crippen MR) is 36.3 cm³/mol. The van der Waals surface area contributed by atoms with Crippen molar-refractivity contribution in [3.8, 4) is 0 Å². The third kappa shape index (κ3) is 1.13. The molecule has 2 nitrogen and oxygen atoms in total. The first-order valence-electron chi connectivity index (χ1n) is 3.48. The Balaban J connectivity index is 2.55. The fraction of sp³-hybridized carbons (Fsp3) is 0.857. The number of carbonyl (C=O) groups excluding carboxylic acids is 1. The van der Waals surface area contributed by atoms with Crippen LogP contribution in [0.4, 0.5) is 0 Å². The van der Waals surface area contributed by atoms with Crippen molar-refractivity contribution in [3.05, 3.63) is 0 Å². The Kier molecular flexibility index (Phi) is 1.86. The molecule has 1 rings (SSSR count). The predicted octanol–water partition coefficient (Wildman–Crippen LogP) is 0.717. The van der Waals surface area contributed by atoms with Crippen LogP contribution < -0.4 is 5.32 Å². The maximum Gasteiger partial charge on any atom is 0.140 e. The van der Waals surface area contributed by atoms with E-state index in [9.17, 15) is 4.79 Å². The Hall–Kier alpha value is -0.370. The number of nitrogens with one attached hydrogen (secondary N) is 1. The largest absolute Gasteiger partial charge is 0.308 e. The second-order valence-corrected chi connectivity index (χ2v) is 2.73. The maximum atomic E-state index is 10.5. The molecule has 1 aliphatic carbocycles. The van der Waals surface area contributed by atoms with E-state index in [0.717, 1.165) is 19.1 Å². The maximum absolute atomic E-state index is 10.5. The molecule has 0 unspecified atom stereocenters. The van der Waals surface area contributed by atoms with Crippen molar-refractivity contribution in [2.75, 3.05) is 7.05 Å². The summed E-state index contributed by atoms with van der Waals surface area (Å²) in [4.78, 5) is 10.5. The van der Waals surface area contributed by atoms with Gasteiger partial charge in [0.05, 0.1) is 5.54 Å². The van der Waals surface area contributed by atoms with Gasteiger partial charge < -0.3 is 10.1 Å². The zero-order chi connectivity index (χ0) is 6.74. The molecule has 0 aliphatic heterocycles. The lowest BCUT2D eigenvalue weighted by molar-refractivity contribution is -0.113. The van der Waals surface area contributed by atoms with Gasteiger partial charge in [-0.2, -0.15) is 0 Å². The van der Waals surface area contributed by atoms with Crippen LogP contribution in [0.25, 0.3) is 0 Å². The van der Waals surface area contributed by atoms with Crippen molar-refractivity contribution in [1.29, 1.82) is 0 Å². The van der Waals surface area contributed by atoms with Crippen LogP contribution in [0.2, 0.25) is 0 Å². The molecule has 52 valence electrons. The summed E-state index contributed by atoms with van der Waals surface area (Å²) < 4.78 is 0. The zero-order valence-electron chi connectivity index (χ0n) is 5.81. The van der Waals surface area contributed by atoms with Gasteiger partial charge in [-0.15, -0.1) is 0 Å². The van der Waals surface area contributed by atoms with E-state index in [4.69, 9.17) is 0 Å². The van der Waals surface area contributed by atoms with Crippen LogP contribution in [0.15, 0.2) is 0 Å². The molecule has 0 aromatic heterocycles. The second-order valence-electron chi connectivity index (χ2n) is 2.73. The lowest BCUT2D eigenvalue weighted by atomic mass is 10.0. The van der Waals surface area contributed by atoms with E-state index >= 15 is 0 Å². The Bertz CT molecular complexity index is 105. The van der Waals surface area contributed by atoms with Gasteiger partial charge in [-0.25, -0.2) is 0 Å². The second kappa shape index (κ2) is 2.48. The van der Waals surface area contributed by atoms with Gasteiger partial charge >= 0.3 is 0 Å². The lowest BCUT2D eigenvalue weighted by Gasteiger charge is -2.19. The van der Waals surface area contributed by atoms with Crippen molar-refractivity contribution < 1.29 is 4.79 Å². The van der Waals surface area contributed by atoms with Gasteiger partial charge in [0.25, 0.3) is 0 Å². The Morgan fingerprint density at radius 1 is 1.44 bits per heavy atom. The highest BCUT2D eigenvalue weighted by atomic mass is 16.1. The third-order valence-electron chi connectivity index (χ3n) is 2.22. The van der Waals surface area contributed by atoms with Gasteiger partial charge in [0.15, 0.2) is 0 Å². The summed E-state index contributed by atoms with van der Waals surface area (Å²) in [6, 6.07) is 0. The number of likely N-dealkylation sites (N-methyl/N-ethyl adjacent to an activating group) is 1. The van der Waals surface area contributed by atoms with Crippen molar-refractivity contribution in [2.24, 2.45) is 0 Å². The molecule has 0 radical (unpaired) electrons. The Morgan fingerprint density at radius 2 is 2.00 bits per heavy atom. The summed E-state index contributed by atoms with van der Waals surface area (Å²) in [5, 5.41) is 3.06. The molecule has 1 fully saturated rings. The Morgan fingerprint density at radius 3 is 2.22 bits per heavy atom. The number of hydrogen-bond donors (Lipinski definition) is 1. The summed E-state index contributed by atoms with van der Waals surface area (Å²) in [5.74, 6) is 0. The SMILES string of the molecule is CNC1(C=O)CCCC1. The molecule has 0 bridgehead atoms. The van der Waals surface area contributed by atoms with Crippen molar-refractivity contribution in [1.82, 2.24) is 5.32 Å². The smallest absolute Gasteiger partial charge is 0.140 e. The van der Waals surface area contributed by atoms with Crippen molar-refractivity contribution >= 4 is 6.29 Å². The van der Waals surface area contributed by atoms with Crippen LogP contribution in [0.1, 0.15) is 25.7 Å². The molecule has 0 heterocycles. The fourth-order valence-electron chi connectivity index (χ4n) is 1.43. The molecule has 0 atom stereocenters. The highest BCUT2D eigenvalue weighted by Gasteiger charge is 2.30. The van der Waals surface area contributed by atoms with E-state index in [0.29, 0.717) is 0 Å². The molecule has 0 aromatic carbocycles. The van der Waals surface area contributed by atoms with E-state index in [1.807, 2.05) is 7.05 Å². The molecule has 9 heavy (non-hydrogen) atoms. The summed E-state index contributed by atoms with van der Waals surface area (Å²) in [5.41, 5.74) is -0.153.